The number of carbonyl (C=O) groups excluding carboxylic acids is 2. The molecule has 0 fully saturated rings. The number of Topliss-reactive ketones (excluding diaryl/α,β-unsaturated/α-hetero) is 1. The van der Waals surface area contributed by atoms with Gasteiger partial charge in [0.25, 0.3) is 0 Å². The summed E-state index contributed by atoms with van der Waals surface area (Å²) in [6, 6.07) is 6.42. The van der Waals surface area contributed by atoms with Gasteiger partial charge in [-0.3, -0.25) is 4.79 Å². The molecule has 1 N–H and O–H groups in total. The van der Waals surface area contributed by atoms with Crippen molar-refractivity contribution in [3.63, 3.8) is 0 Å². The van der Waals surface area contributed by atoms with Crippen LogP contribution in [0.3, 0.4) is 0 Å². The molecule has 0 heterocycles. The molecule has 5 heteroatoms. The molecular formula is C17H23NO4. The second-order valence-electron chi connectivity index (χ2n) is 5.93. The standard InChI is InChI=1S/C17H23NO4/c1-11(12(2)19)15(18-16(20)22-17(3,4)5)13-7-9-14(21-6)10-8-13/h7-10,15H,1H2,2-6H3,(H,18,20). The molecule has 1 amide bonds. The molecule has 1 atom stereocenters. The number of carbonyl (C=O) groups is 2. The molecule has 0 aliphatic rings. The lowest BCUT2D eigenvalue weighted by atomic mass is 9.97. The van der Waals surface area contributed by atoms with Crippen LogP contribution in [0.15, 0.2) is 36.4 Å². The maximum atomic E-state index is 12.0. The van der Waals surface area contributed by atoms with Crippen LogP contribution >= 0.6 is 0 Å². The molecule has 0 saturated heterocycles. The zero-order valence-electron chi connectivity index (χ0n) is 13.7. The number of methoxy groups -OCH3 is 1. The van der Waals surface area contributed by atoms with Crippen LogP contribution in [0.5, 0.6) is 5.75 Å². The fourth-order valence-electron chi connectivity index (χ4n) is 1.80. The highest BCUT2D eigenvalue weighted by Crippen LogP contribution is 2.24. The van der Waals surface area contributed by atoms with Gasteiger partial charge in [-0.05, 0) is 45.4 Å². The first-order chi connectivity index (χ1) is 10.1. The van der Waals surface area contributed by atoms with Gasteiger partial charge in [-0.2, -0.15) is 0 Å². The Hall–Kier alpha value is -2.30. The van der Waals surface area contributed by atoms with Crippen LogP contribution in [0.1, 0.15) is 39.3 Å². The Balaban J connectivity index is 3.00. The zero-order chi connectivity index (χ0) is 16.9. The minimum Gasteiger partial charge on any atom is -0.497 e. The van der Waals surface area contributed by atoms with Gasteiger partial charge in [0.15, 0.2) is 5.78 Å². The summed E-state index contributed by atoms with van der Waals surface area (Å²) in [7, 11) is 1.57. The van der Waals surface area contributed by atoms with Gasteiger partial charge < -0.3 is 14.8 Å². The lowest BCUT2D eigenvalue weighted by Crippen LogP contribution is -2.36. The monoisotopic (exact) mass is 305 g/mol. The number of benzene rings is 1. The molecule has 1 aromatic carbocycles. The highest BCUT2D eigenvalue weighted by atomic mass is 16.6. The topological polar surface area (TPSA) is 64.6 Å². The molecule has 0 spiro atoms. The number of hydrogen-bond acceptors (Lipinski definition) is 4. The first-order valence-corrected chi connectivity index (χ1v) is 6.97. The van der Waals surface area contributed by atoms with Crippen LogP contribution < -0.4 is 10.1 Å². The summed E-state index contributed by atoms with van der Waals surface area (Å²) >= 11 is 0. The third-order valence-corrected chi connectivity index (χ3v) is 2.91. The van der Waals surface area contributed by atoms with Crippen molar-refractivity contribution < 1.29 is 19.1 Å². The Bertz CT molecular complexity index is 555. The lowest BCUT2D eigenvalue weighted by Gasteiger charge is -2.24. The van der Waals surface area contributed by atoms with E-state index in [0.29, 0.717) is 5.75 Å². The third-order valence-electron chi connectivity index (χ3n) is 2.91. The van der Waals surface area contributed by atoms with E-state index in [2.05, 4.69) is 11.9 Å². The van der Waals surface area contributed by atoms with Crippen LogP contribution in [0.4, 0.5) is 4.79 Å². The molecule has 5 nitrogen and oxygen atoms in total. The third kappa shape index (κ3) is 5.24. The normalized spacial score (nSPS) is 12.2. The molecule has 1 rings (SSSR count). The molecule has 0 aliphatic carbocycles. The maximum absolute atomic E-state index is 12.0. The van der Waals surface area contributed by atoms with Crippen molar-refractivity contribution in [1.29, 1.82) is 0 Å². The fraction of sp³-hybridized carbons (Fsp3) is 0.412. The number of alkyl carbamates (subject to hydrolysis) is 1. The highest BCUT2D eigenvalue weighted by molar-refractivity contribution is 5.94. The van der Waals surface area contributed by atoms with E-state index in [9.17, 15) is 9.59 Å². The number of ketones is 1. The summed E-state index contributed by atoms with van der Waals surface area (Å²) < 4.78 is 10.3. The summed E-state index contributed by atoms with van der Waals surface area (Å²) in [5.74, 6) is 0.491. The van der Waals surface area contributed by atoms with Gasteiger partial charge in [-0.15, -0.1) is 0 Å². The van der Waals surface area contributed by atoms with Crippen LogP contribution in [0.2, 0.25) is 0 Å². The average Bonchev–Trinajstić information content (AvgIpc) is 2.42. The van der Waals surface area contributed by atoms with E-state index in [0.717, 1.165) is 5.56 Å². The molecular weight excluding hydrogens is 282 g/mol. The summed E-state index contributed by atoms with van der Waals surface area (Å²) in [6.45, 7) is 10.5. The molecule has 0 aromatic heterocycles. The molecule has 22 heavy (non-hydrogen) atoms. The number of nitrogens with one attached hydrogen (secondary N) is 1. The van der Waals surface area contributed by atoms with Crippen LogP contribution in [-0.2, 0) is 9.53 Å². The first-order valence-electron chi connectivity index (χ1n) is 6.97. The predicted octanol–water partition coefficient (Wildman–Crippen LogP) is 3.41. The first kappa shape index (κ1) is 17.8. The van der Waals surface area contributed by atoms with Crippen molar-refractivity contribution >= 4 is 11.9 Å². The van der Waals surface area contributed by atoms with Crippen LogP contribution in [0, 0.1) is 0 Å². The predicted molar refractivity (Wildman–Crippen MR) is 84.9 cm³/mol. The largest absolute Gasteiger partial charge is 0.497 e. The molecule has 0 aliphatic heterocycles. The summed E-state index contributed by atoms with van der Waals surface area (Å²) in [5.41, 5.74) is 0.398. The Morgan fingerprint density at radius 2 is 1.73 bits per heavy atom. The summed E-state index contributed by atoms with van der Waals surface area (Å²) in [5, 5.41) is 2.69. The second kappa shape index (κ2) is 7.11. The van der Waals surface area contributed by atoms with E-state index in [1.54, 1.807) is 52.1 Å². The second-order valence-corrected chi connectivity index (χ2v) is 5.93. The number of ether oxygens (including phenoxy) is 2. The van der Waals surface area contributed by atoms with Gasteiger partial charge in [-0.25, -0.2) is 4.79 Å². The van der Waals surface area contributed by atoms with E-state index in [1.165, 1.54) is 6.92 Å². The van der Waals surface area contributed by atoms with Gasteiger partial charge in [0, 0.05) is 5.57 Å². The Morgan fingerprint density at radius 1 is 1.18 bits per heavy atom. The Morgan fingerprint density at radius 3 is 2.14 bits per heavy atom. The van der Waals surface area contributed by atoms with Gasteiger partial charge in [0.1, 0.15) is 11.4 Å². The molecule has 120 valence electrons. The van der Waals surface area contributed by atoms with E-state index >= 15 is 0 Å². The van der Waals surface area contributed by atoms with Crippen molar-refractivity contribution in [1.82, 2.24) is 5.32 Å². The summed E-state index contributed by atoms with van der Waals surface area (Å²) in [4.78, 5) is 23.6. The number of amides is 1. The highest BCUT2D eigenvalue weighted by Gasteiger charge is 2.24. The summed E-state index contributed by atoms with van der Waals surface area (Å²) in [6.07, 6.45) is -0.601. The van der Waals surface area contributed by atoms with Crippen LogP contribution in [-0.4, -0.2) is 24.6 Å². The van der Waals surface area contributed by atoms with E-state index in [-0.39, 0.29) is 11.4 Å². The van der Waals surface area contributed by atoms with E-state index in [4.69, 9.17) is 9.47 Å². The quantitative estimate of drug-likeness (QED) is 0.847. The average molecular weight is 305 g/mol. The van der Waals surface area contributed by atoms with Crippen molar-refractivity contribution in [3.05, 3.63) is 42.0 Å². The zero-order valence-corrected chi connectivity index (χ0v) is 13.7. The van der Waals surface area contributed by atoms with Crippen molar-refractivity contribution in [2.24, 2.45) is 0 Å². The van der Waals surface area contributed by atoms with E-state index < -0.39 is 17.7 Å². The van der Waals surface area contributed by atoms with Gasteiger partial charge >= 0.3 is 6.09 Å². The molecule has 0 bridgehead atoms. The van der Waals surface area contributed by atoms with Crippen LogP contribution in [0.25, 0.3) is 0 Å². The van der Waals surface area contributed by atoms with Crippen molar-refractivity contribution in [2.75, 3.05) is 7.11 Å². The minimum atomic E-state index is -0.641. The number of hydrogen-bond donors (Lipinski definition) is 1. The lowest BCUT2D eigenvalue weighted by molar-refractivity contribution is -0.113. The maximum Gasteiger partial charge on any atom is 0.408 e. The van der Waals surface area contributed by atoms with E-state index in [1.807, 2.05) is 0 Å². The SMILES string of the molecule is C=C(C(C)=O)C(NC(=O)OC(C)(C)C)c1ccc(OC)cc1. The molecule has 0 radical (unpaired) electrons. The molecule has 1 unspecified atom stereocenters. The fourth-order valence-corrected chi connectivity index (χ4v) is 1.80. The van der Waals surface area contributed by atoms with Crippen molar-refractivity contribution in [2.45, 2.75) is 39.3 Å². The molecule has 0 saturated carbocycles. The molecule has 1 aromatic rings. The minimum absolute atomic E-state index is 0.197. The Kier molecular flexibility index (Phi) is 5.74. The van der Waals surface area contributed by atoms with Gasteiger partial charge in [0.05, 0.1) is 13.2 Å². The number of rotatable bonds is 5. The van der Waals surface area contributed by atoms with Gasteiger partial charge in [-0.1, -0.05) is 18.7 Å². The Labute approximate surface area is 131 Å². The smallest absolute Gasteiger partial charge is 0.408 e. The van der Waals surface area contributed by atoms with Crippen molar-refractivity contribution in [3.8, 4) is 5.75 Å². The van der Waals surface area contributed by atoms with Gasteiger partial charge in [0.2, 0.25) is 0 Å².